The molecule has 31 heavy (non-hydrogen) atoms. The summed E-state index contributed by atoms with van der Waals surface area (Å²) < 4.78 is 6.34. The number of amides is 2. The molecule has 0 aromatic heterocycles. The minimum atomic E-state index is -1.12. The highest BCUT2D eigenvalue weighted by Crippen LogP contribution is 2.45. The molecule has 0 unspecified atom stereocenters. The van der Waals surface area contributed by atoms with Crippen LogP contribution in [0.2, 0.25) is 10.0 Å². The molecule has 2 aromatic rings. The quantitative estimate of drug-likeness (QED) is 0.601. The van der Waals surface area contributed by atoms with E-state index in [1.54, 1.807) is 6.07 Å². The van der Waals surface area contributed by atoms with Gasteiger partial charge in [0.25, 0.3) is 5.91 Å². The van der Waals surface area contributed by atoms with Crippen molar-refractivity contribution in [1.29, 1.82) is 0 Å². The Labute approximate surface area is 191 Å². The van der Waals surface area contributed by atoms with Crippen LogP contribution in [0.1, 0.15) is 42.5 Å². The summed E-state index contributed by atoms with van der Waals surface area (Å²) in [5, 5.41) is 12.4. The van der Waals surface area contributed by atoms with E-state index in [0.29, 0.717) is 22.5 Å². The molecule has 164 valence electrons. The van der Waals surface area contributed by atoms with E-state index in [4.69, 9.17) is 33.0 Å². The number of hydrogen-bond acceptors (Lipinski definition) is 3. The van der Waals surface area contributed by atoms with Gasteiger partial charge in [0.1, 0.15) is 12.2 Å². The fourth-order valence-corrected chi connectivity index (χ4v) is 4.36. The Morgan fingerprint density at radius 3 is 2.48 bits per heavy atom. The van der Waals surface area contributed by atoms with E-state index >= 15 is 0 Å². The van der Waals surface area contributed by atoms with E-state index in [0.717, 1.165) is 24.0 Å². The Morgan fingerprint density at radius 2 is 1.84 bits per heavy atom. The molecular formula is C23H24Cl2N2O4. The molecule has 8 heteroatoms. The summed E-state index contributed by atoms with van der Waals surface area (Å²) in [6, 6.07) is 14.6. The van der Waals surface area contributed by atoms with Gasteiger partial charge in [-0.25, -0.2) is 4.79 Å². The molecule has 2 amide bonds. The van der Waals surface area contributed by atoms with Gasteiger partial charge in [-0.1, -0.05) is 47.5 Å². The molecule has 1 saturated heterocycles. The van der Waals surface area contributed by atoms with Gasteiger partial charge in [0, 0.05) is 29.6 Å². The standard InChI is InChI=1S/C23H24Cl2N2O4/c24-17-8-6-15(7-9-17)20-21(16-2-1-3-18(25)12-16)31-19(10-11-26-23(29)30)22(28)27(20)13-14-4-5-14/h1-3,6-9,12,14,19-21,26H,4-5,10-11,13H2,(H,29,30)/t19-,20+,21-/m1/s1. The van der Waals surface area contributed by atoms with Crippen LogP contribution in [-0.4, -0.2) is 41.2 Å². The van der Waals surface area contributed by atoms with Crippen LogP contribution in [0.3, 0.4) is 0 Å². The third-order valence-corrected chi connectivity index (χ3v) is 6.20. The van der Waals surface area contributed by atoms with Crippen LogP contribution in [-0.2, 0) is 9.53 Å². The molecule has 0 bridgehead atoms. The smallest absolute Gasteiger partial charge is 0.404 e. The molecular weight excluding hydrogens is 439 g/mol. The first-order chi connectivity index (χ1) is 14.9. The molecule has 1 heterocycles. The normalized spacial score (nSPS) is 23.6. The maximum absolute atomic E-state index is 13.4. The van der Waals surface area contributed by atoms with E-state index in [2.05, 4.69) is 5.32 Å². The lowest BCUT2D eigenvalue weighted by Crippen LogP contribution is -2.52. The molecule has 2 N–H and O–H groups in total. The number of carbonyl (C=O) groups is 2. The van der Waals surface area contributed by atoms with Gasteiger partial charge < -0.3 is 20.1 Å². The summed E-state index contributed by atoms with van der Waals surface area (Å²) in [5.74, 6) is 0.368. The van der Waals surface area contributed by atoms with Gasteiger partial charge in [0.2, 0.25) is 0 Å². The number of hydrogen-bond donors (Lipinski definition) is 2. The third kappa shape index (κ3) is 5.32. The maximum atomic E-state index is 13.4. The number of benzene rings is 2. The van der Waals surface area contributed by atoms with Crippen LogP contribution in [0.25, 0.3) is 0 Å². The van der Waals surface area contributed by atoms with Crippen molar-refractivity contribution in [1.82, 2.24) is 10.2 Å². The molecule has 0 radical (unpaired) electrons. The molecule has 2 aliphatic rings. The average molecular weight is 463 g/mol. The Kier molecular flexibility index (Phi) is 6.70. The second kappa shape index (κ2) is 9.47. The third-order valence-electron chi connectivity index (χ3n) is 5.72. The van der Waals surface area contributed by atoms with Crippen molar-refractivity contribution in [2.24, 2.45) is 5.92 Å². The average Bonchev–Trinajstić information content (AvgIpc) is 3.55. The molecule has 2 aromatic carbocycles. The summed E-state index contributed by atoms with van der Waals surface area (Å²) in [7, 11) is 0. The van der Waals surface area contributed by atoms with Gasteiger partial charge in [-0.05, 0) is 54.2 Å². The van der Waals surface area contributed by atoms with Crippen molar-refractivity contribution >= 4 is 35.2 Å². The Bertz CT molecular complexity index is 949. The number of morpholine rings is 1. The van der Waals surface area contributed by atoms with Crippen molar-refractivity contribution in [2.45, 2.75) is 37.5 Å². The van der Waals surface area contributed by atoms with E-state index in [-0.39, 0.29) is 24.9 Å². The summed E-state index contributed by atoms with van der Waals surface area (Å²) in [6.45, 7) is 0.784. The molecule has 3 atom stereocenters. The van der Waals surface area contributed by atoms with Crippen molar-refractivity contribution < 1.29 is 19.4 Å². The van der Waals surface area contributed by atoms with Gasteiger partial charge >= 0.3 is 6.09 Å². The number of carboxylic acid groups (broad SMARTS) is 1. The zero-order chi connectivity index (χ0) is 22.0. The maximum Gasteiger partial charge on any atom is 0.404 e. The van der Waals surface area contributed by atoms with Crippen LogP contribution in [0.15, 0.2) is 48.5 Å². The Balaban J connectivity index is 1.71. The lowest BCUT2D eigenvalue weighted by Gasteiger charge is -2.45. The molecule has 6 nitrogen and oxygen atoms in total. The molecule has 1 aliphatic heterocycles. The van der Waals surface area contributed by atoms with E-state index in [1.807, 2.05) is 47.4 Å². The van der Waals surface area contributed by atoms with Gasteiger partial charge in [-0.3, -0.25) is 4.79 Å². The second-order valence-corrected chi connectivity index (χ2v) is 8.92. The predicted molar refractivity (Wildman–Crippen MR) is 118 cm³/mol. The minimum Gasteiger partial charge on any atom is -0.465 e. The first-order valence-corrected chi connectivity index (χ1v) is 11.1. The first kappa shape index (κ1) is 21.9. The van der Waals surface area contributed by atoms with Crippen LogP contribution in [0.5, 0.6) is 0 Å². The molecule has 4 rings (SSSR count). The minimum absolute atomic E-state index is 0.114. The summed E-state index contributed by atoms with van der Waals surface area (Å²) in [5.41, 5.74) is 1.81. The second-order valence-electron chi connectivity index (χ2n) is 8.05. The van der Waals surface area contributed by atoms with E-state index < -0.39 is 18.3 Å². The summed E-state index contributed by atoms with van der Waals surface area (Å²) >= 11 is 12.4. The number of ether oxygens (including phenoxy) is 1. The van der Waals surface area contributed by atoms with Crippen molar-refractivity contribution in [3.05, 3.63) is 69.7 Å². The van der Waals surface area contributed by atoms with Gasteiger partial charge in [-0.2, -0.15) is 0 Å². The molecule has 2 fully saturated rings. The summed E-state index contributed by atoms with van der Waals surface area (Å²) in [4.78, 5) is 26.2. The molecule has 1 aliphatic carbocycles. The lowest BCUT2D eigenvalue weighted by atomic mass is 9.91. The highest BCUT2D eigenvalue weighted by Gasteiger charge is 2.45. The SMILES string of the molecule is O=C(O)NCC[C@H]1O[C@H](c2cccc(Cl)c2)[C@H](c2ccc(Cl)cc2)N(CC2CC2)C1=O. The number of rotatable bonds is 7. The molecule has 0 spiro atoms. The summed E-state index contributed by atoms with van der Waals surface area (Å²) in [6.07, 6.45) is 0.167. The predicted octanol–water partition coefficient (Wildman–Crippen LogP) is 5.07. The largest absolute Gasteiger partial charge is 0.465 e. The van der Waals surface area contributed by atoms with E-state index in [9.17, 15) is 9.59 Å². The number of nitrogens with zero attached hydrogens (tertiary/aromatic N) is 1. The number of nitrogens with one attached hydrogen (secondary N) is 1. The van der Waals surface area contributed by atoms with Gasteiger partial charge in [-0.15, -0.1) is 0 Å². The monoisotopic (exact) mass is 462 g/mol. The Morgan fingerprint density at radius 1 is 1.10 bits per heavy atom. The van der Waals surface area contributed by atoms with Crippen molar-refractivity contribution in [3.63, 3.8) is 0 Å². The number of halogens is 2. The van der Waals surface area contributed by atoms with Crippen LogP contribution in [0, 0.1) is 5.92 Å². The zero-order valence-electron chi connectivity index (χ0n) is 16.8. The van der Waals surface area contributed by atoms with Crippen LogP contribution in [0.4, 0.5) is 4.79 Å². The van der Waals surface area contributed by atoms with Gasteiger partial charge in [0.05, 0.1) is 6.04 Å². The Hall–Kier alpha value is -2.28. The zero-order valence-corrected chi connectivity index (χ0v) is 18.4. The number of carbonyl (C=O) groups excluding carboxylic acids is 1. The van der Waals surface area contributed by atoms with E-state index in [1.165, 1.54) is 0 Å². The van der Waals surface area contributed by atoms with Gasteiger partial charge in [0.15, 0.2) is 0 Å². The molecule has 1 saturated carbocycles. The topological polar surface area (TPSA) is 78.9 Å². The van der Waals surface area contributed by atoms with Crippen molar-refractivity contribution in [2.75, 3.05) is 13.1 Å². The highest BCUT2D eigenvalue weighted by atomic mass is 35.5. The first-order valence-electron chi connectivity index (χ1n) is 10.4. The van der Waals surface area contributed by atoms with Crippen LogP contribution < -0.4 is 5.32 Å². The van der Waals surface area contributed by atoms with Crippen LogP contribution >= 0.6 is 23.2 Å². The highest BCUT2D eigenvalue weighted by molar-refractivity contribution is 6.30. The fourth-order valence-electron chi connectivity index (χ4n) is 4.04. The lowest BCUT2D eigenvalue weighted by molar-refractivity contribution is -0.175. The van der Waals surface area contributed by atoms with Crippen molar-refractivity contribution in [3.8, 4) is 0 Å². The fraction of sp³-hybridized carbons (Fsp3) is 0.391.